The van der Waals surface area contributed by atoms with Gasteiger partial charge in [-0.1, -0.05) is 35.5 Å². The van der Waals surface area contributed by atoms with E-state index >= 15 is 0 Å². The molecule has 0 atom stereocenters. The van der Waals surface area contributed by atoms with Crippen LogP contribution in [0.4, 0.5) is 0 Å². The Morgan fingerprint density at radius 2 is 1.84 bits per heavy atom. The Morgan fingerprint density at radius 1 is 1.12 bits per heavy atom. The molecule has 1 amide bonds. The fraction of sp³-hybridized carbons (Fsp3) is 0.211. The first-order chi connectivity index (χ1) is 12.2. The lowest BCUT2D eigenvalue weighted by Crippen LogP contribution is -2.30. The van der Waals surface area contributed by atoms with Gasteiger partial charge in [0, 0.05) is 13.1 Å². The van der Waals surface area contributed by atoms with Gasteiger partial charge in [0.1, 0.15) is 5.75 Å². The van der Waals surface area contributed by atoms with Crippen molar-refractivity contribution >= 4 is 5.91 Å². The van der Waals surface area contributed by atoms with Crippen molar-refractivity contribution in [2.24, 2.45) is 0 Å². The number of nitrogens with zero attached hydrogens (tertiary/aromatic N) is 4. The number of amides is 1. The molecule has 0 spiro atoms. The molecule has 1 heterocycles. The van der Waals surface area contributed by atoms with Gasteiger partial charge >= 0.3 is 0 Å². The number of rotatable bonds is 6. The predicted octanol–water partition coefficient (Wildman–Crippen LogP) is 2.94. The molecule has 2 aromatic carbocycles. The number of methoxy groups -OCH3 is 1. The lowest BCUT2D eigenvalue weighted by molar-refractivity contribution is 0.0746. The van der Waals surface area contributed by atoms with E-state index in [4.69, 9.17) is 4.74 Å². The van der Waals surface area contributed by atoms with Crippen LogP contribution >= 0.6 is 0 Å². The number of carbonyl (C=O) groups excluding carboxylic acids is 1. The smallest absolute Gasteiger partial charge is 0.276 e. The summed E-state index contributed by atoms with van der Waals surface area (Å²) in [6, 6.07) is 17.3. The molecule has 0 saturated carbocycles. The van der Waals surface area contributed by atoms with Gasteiger partial charge < -0.3 is 9.64 Å². The monoisotopic (exact) mass is 336 g/mol. The highest BCUT2D eigenvalue weighted by Gasteiger charge is 2.18. The summed E-state index contributed by atoms with van der Waals surface area (Å²) in [4.78, 5) is 14.5. The normalized spacial score (nSPS) is 10.5. The van der Waals surface area contributed by atoms with E-state index in [2.05, 4.69) is 10.3 Å². The van der Waals surface area contributed by atoms with Gasteiger partial charge in [-0.05, 0) is 36.8 Å². The fourth-order valence-electron chi connectivity index (χ4n) is 2.52. The topological polar surface area (TPSA) is 60.2 Å². The average molecular weight is 336 g/mol. The van der Waals surface area contributed by atoms with Crippen molar-refractivity contribution < 1.29 is 9.53 Å². The standard InChI is InChI=1S/C19H20N4O2/c1-3-22(13-15-7-5-4-6-8-15)19(24)18-14-23(21-20-18)16-9-11-17(25-2)12-10-16/h4-12,14H,3,13H2,1-2H3. The third-order valence-electron chi connectivity index (χ3n) is 3.93. The third kappa shape index (κ3) is 3.85. The minimum atomic E-state index is -0.133. The molecule has 1 aromatic heterocycles. The Bertz CT molecular complexity index is 828. The average Bonchev–Trinajstić information content (AvgIpc) is 3.16. The minimum absolute atomic E-state index is 0.133. The Balaban J connectivity index is 1.76. The van der Waals surface area contributed by atoms with Gasteiger partial charge in [0.15, 0.2) is 5.69 Å². The lowest BCUT2D eigenvalue weighted by atomic mass is 10.2. The summed E-state index contributed by atoms with van der Waals surface area (Å²) >= 11 is 0. The first kappa shape index (κ1) is 16.7. The van der Waals surface area contributed by atoms with Gasteiger partial charge in [0.05, 0.1) is 19.0 Å². The maximum atomic E-state index is 12.7. The van der Waals surface area contributed by atoms with E-state index in [1.165, 1.54) is 0 Å². The molecule has 0 N–H and O–H groups in total. The molecule has 0 aliphatic carbocycles. The zero-order chi connectivity index (χ0) is 17.6. The second-order valence-corrected chi connectivity index (χ2v) is 5.55. The second-order valence-electron chi connectivity index (χ2n) is 5.55. The van der Waals surface area contributed by atoms with Crippen LogP contribution in [-0.4, -0.2) is 39.5 Å². The highest BCUT2D eigenvalue weighted by molar-refractivity contribution is 5.92. The molecule has 0 aliphatic heterocycles. The van der Waals surface area contributed by atoms with Crippen molar-refractivity contribution in [3.63, 3.8) is 0 Å². The Labute approximate surface area is 146 Å². The molecule has 0 bridgehead atoms. The Morgan fingerprint density at radius 3 is 2.48 bits per heavy atom. The van der Waals surface area contributed by atoms with Gasteiger partial charge in [0.25, 0.3) is 5.91 Å². The van der Waals surface area contributed by atoms with Crippen molar-refractivity contribution in [2.45, 2.75) is 13.5 Å². The first-order valence-corrected chi connectivity index (χ1v) is 8.11. The molecule has 128 valence electrons. The van der Waals surface area contributed by atoms with Crippen LogP contribution in [0.15, 0.2) is 60.8 Å². The van der Waals surface area contributed by atoms with Gasteiger partial charge in [0.2, 0.25) is 0 Å². The van der Waals surface area contributed by atoms with E-state index < -0.39 is 0 Å². The Kier molecular flexibility index (Phi) is 5.09. The summed E-state index contributed by atoms with van der Waals surface area (Å²) in [5, 5.41) is 8.10. The van der Waals surface area contributed by atoms with Gasteiger partial charge in [-0.3, -0.25) is 4.79 Å². The molecule has 6 nitrogen and oxygen atoms in total. The highest BCUT2D eigenvalue weighted by atomic mass is 16.5. The molecule has 0 aliphatic rings. The zero-order valence-corrected chi connectivity index (χ0v) is 14.3. The van der Waals surface area contributed by atoms with Crippen LogP contribution in [0, 0.1) is 0 Å². The minimum Gasteiger partial charge on any atom is -0.497 e. The highest BCUT2D eigenvalue weighted by Crippen LogP contribution is 2.15. The number of benzene rings is 2. The van der Waals surface area contributed by atoms with Crippen molar-refractivity contribution in [1.29, 1.82) is 0 Å². The lowest BCUT2D eigenvalue weighted by Gasteiger charge is -2.19. The van der Waals surface area contributed by atoms with E-state index in [0.717, 1.165) is 17.0 Å². The van der Waals surface area contributed by atoms with Crippen LogP contribution in [0.2, 0.25) is 0 Å². The quantitative estimate of drug-likeness (QED) is 0.694. The summed E-state index contributed by atoms with van der Waals surface area (Å²) in [5.41, 5.74) is 2.23. The Hall–Kier alpha value is -3.15. The molecule has 0 unspecified atom stereocenters. The van der Waals surface area contributed by atoms with E-state index in [1.807, 2.05) is 61.5 Å². The SMILES string of the molecule is CCN(Cc1ccccc1)C(=O)c1cn(-c2ccc(OC)cc2)nn1. The molecule has 6 heteroatoms. The predicted molar refractivity (Wildman–Crippen MR) is 94.8 cm³/mol. The fourth-order valence-corrected chi connectivity index (χ4v) is 2.52. The summed E-state index contributed by atoms with van der Waals surface area (Å²) < 4.78 is 6.73. The van der Waals surface area contributed by atoms with Crippen molar-refractivity contribution in [3.05, 3.63) is 72.1 Å². The summed E-state index contributed by atoms with van der Waals surface area (Å²) in [5.74, 6) is 0.631. The second kappa shape index (κ2) is 7.61. The van der Waals surface area contributed by atoms with Crippen LogP contribution in [0.1, 0.15) is 23.0 Å². The zero-order valence-electron chi connectivity index (χ0n) is 14.3. The van der Waals surface area contributed by atoms with Crippen LogP contribution in [0.5, 0.6) is 5.75 Å². The van der Waals surface area contributed by atoms with E-state index in [0.29, 0.717) is 18.8 Å². The molecule has 0 radical (unpaired) electrons. The number of aromatic nitrogens is 3. The van der Waals surface area contributed by atoms with Crippen LogP contribution < -0.4 is 4.74 Å². The van der Waals surface area contributed by atoms with E-state index in [1.54, 1.807) is 22.9 Å². The van der Waals surface area contributed by atoms with Crippen molar-refractivity contribution in [3.8, 4) is 11.4 Å². The molecular formula is C19H20N4O2. The van der Waals surface area contributed by atoms with Gasteiger partial charge in [-0.15, -0.1) is 5.10 Å². The third-order valence-corrected chi connectivity index (χ3v) is 3.93. The van der Waals surface area contributed by atoms with Crippen molar-refractivity contribution in [2.75, 3.05) is 13.7 Å². The number of hydrogen-bond donors (Lipinski definition) is 0. The maximum Gasteiger partial charge on any atom is 0.276 e. The molecule has 3 aromatic rings. The van der Waals surface area contributed by atoms with Crippen molar-refractivity contribution in [1.82, 2.24) is 19.9 Å². The largest absolute Gasteiger partial charge is 0.497 e. The number of hydrogen-bond acceptors (Lipinski definition) is 4. The number of carbonyl (C=O) groups is 1. The summed E-state index contributed by atoms with van der Waals surface area (Å²) in [6.07, 6.45) is 1.65. The summed E-state index contributed by atoms with van der Waals surface area (Å²) in [6.45, 7) is 3.10. The van der Waals surface area contributed by atoms with Crippen LogP contribution in [-0.2, 0) is 6.54 Å². The molecule has 3 rings (SSSR count). The first-order valence-electron chi connectivity index (χ1n) is 8.11. The van der Waals surface area contributed by atoms with Gasteiger partial charge in [-0.25, -0.2) is 4.68 Å². The van der Waals surface area contributed by atoms with Crippen LogP contribution in [0.3, 0.4) is 0 Å². The molecule has 25 heavy (non-hydrogen) atoms. The van der Waals surface area contributed by atoms with E-state index in [-0.39, 0.29) is 5.91 Å². The number of ether oxygens (including phenoxy) is 1. The summed E-state index contributed by atoms with van der Waals surface area (Å²) in [7, 11) is 1.62. The molecule has 0 fully saturated rings. The van der Waals surface area contributed by atoms with E-state index in [9.17, 15) is 4.79 Å². The molecule has 0 saturated heterocycles. The van der Waals surface area contributed by atoms with Gasteiger partial charge in [-0.2, -0.15) is 0 Å². The maximum absolute atomic E-state index is 12.7. The molecular weight excluding hydrogens is 316 g/mol. The van der Waals surface area contributed by atoms with Crippen LogP contribution in [0.25, 0.3) is 5.69 Å².